The van der Waals surface area contributed by atoms with E-state index in [1.807, 2.05) is 0 Å². The van der Waals surface area contributed by atoms with Gasteiger partial charge in [0.05, 0.1) is 10.8 Å². The van der Waals surface area contributed by atoms with Crippen LogP contribution in [-0.2, 0) is 5.54 Å². The summed E-state index contributed by atoms with van der Waals surface area (Å²) in [5.41, 5.74) is 4.99. The van der Waals surface area contributed by atoms with Gasteiger partial charge in [-0.05, 0) is 19.1 Å². The van der Waals surface area contributed by atoms with E-state index in [2.05, 4.69) is 20.1 Å². The molecule has 0 aliphatic carbocycles. The molecule has 0 atom stereocenters. The molecule has 5 nitrogen and oxygen atoms in total. The van der Waals surface area contributed by atoms with Gasteiger partial charge in [-0.1, -0.05) is 5.10 Å². The molecule has 1 aromatic heterocycles. The highest BCUT2D eigenvalue weighted by Crippen LogP contribution is 2.10. The van der Waals surface area contributed by atoms with Crippen molar-refractivity contribution in [2.24, 2.45) is 5.73 Å². The van der Waals surface area contributed by atoms with E-state index in [0.29, 0.717) is 5.89 Å². The zero-order valence-electron chi connectivity index (χ0n) is 5.33. The van der Waals surface area contributed by atoms with Gasteiger partial charge >= 0.3 is 0 Å². The van der Waals surface area contributed by atoms with Crippen LogP contribution in [0.4, 0.5) is 0 Å². The van der Waals surface area contributed by atoms with E-state index in [9.17, 15) is 0 Å². The zero-order valence-corrected chi connectivity index (χ0v) is 5.33. The van der Waals surface area contributed by atoms with E-state index in [4.69, 9.17) is 5.73 Å². The Bertz CT molecular complexity index is 175. The zero-order chi connectivity index (χ0) is 6.91. The lowest BCUT2D eigenvalue weighted by Gasteiger charge is -2.09. The van der Waals surface area contributed by atoms with Gasteiger partial charge in [-0.25, -0.2) is 0 Å². The first-order valence-electron chi connectivity index (χ1n) is 2.55. The summed E-state index contributed by atoms with van der Waals surface area (Å²) < 4.78 is 4.60. The average molecular weight is 128 g/mol. The summed E-state index contributed by atoms with van der Waals surface area (Å²) in [4.78, 5) is 0. The van der Waals surface area contributed by atoms with E-state index in [0.717, 1.165) is 0 Å². The second-order valence-corrected chi connectivity index (χ2v) is 2.39. The van der Waals surface area contributed by atoms with Crippen molar-refractivity contribution in [3.63, 3.8) is 0 Å². The highest BCUT2D eigenvalue weighted by Gasteiger charge is 2.20. The number of hydrogen-bond donors (Lipinski definition) is 1. The topological polar surface area (TPSA) is 77.8 Å². The fourth-order valence-electron chi connectivity index (χ4n) is 0.381. The summed E-state index contributed by atoms with van der Waals surface area (Å²) in [7, 11) is 0. The van der Waals surface area contributed by atoms with E-state index in [1.54, 1.807) is 13.8 Å². The maximum atomic E-state index is 5.56. The Hall–Kier alpha value is -0.970. The molecule has 0 saturated carbocycles. The summed E-state index contributed by atoms with van der Waals surface area (Å²) in [6.45, 7) is 3.53. The molecule has 1 heterocycles. The van der Waals surface area contributed by atoms with E-state index in [-0.39, 0.29) is 0 Å². The predicted octanol–water partition coefficient (Wildman–Crippen LogP) is -0.342. The summed E-state index contributed by atoms with van der Waals surface area (Å²) in [6.07, 6.45) is 0. The highest BCUT2D eigenvalue weighted by molar-refractivity contribution is 4.90. The quantitative estimate of drug-likeness (QED) is 0.559. The minimum atomic E-state index is -0.580. The third-order valence-electron chi connectivity index (χ3n) is 0.851. The summed E-state index contributed by atoms with van der Waals surface area (Å²) in [5, 5.41) is 9.95. The third kappa shape index (κ3) is 1.23. The largest absolute Gasteiger partial charge is 0.318 e. The van der Waals surface area contributed by atoms with Gasteiger partial charge in [0.1, 0.15) is 0 Å². The van der Waals surface area contributed by atoms with Gasteiger partial charge in [-0.3, -0.25) is 0 Å². The minimum absolute atomic E-state index is 0.350. The van der Waals surface area contributed by atoms with Crippen molar-refractivity contribution in [1.29, 1.82) is 0 Å². The van der Waals surface area contributed by atoms with Crippen LogP contribution in [0.1, 0.15) is 19.7 Å². The Labute approximate surface area is 52.2 Å². The van der Waals surface area contributed by atoms with Gasteiger partial charge in [0.15, 0.2) is 0 Å². The number of rotatable bonds is 1. The van der Waals surface area contributed by atoms with Crippen molar-refractivity contribution in [3.8, 4) is 0 Å². The molecule has 5 heteroatoms. The monoisotopic (exact) mass is 128 g/mol. The van der Waals surface area contributed by atoms with Crippen LogP contribution in [0.2, 0.25) is 0 Å². The van der Waals surface area contributed by atoms with Gasteiger partial charge in [0, 0.05) is 0 Å². The van der Waals surface area contributed by atoms with Crippen LogP contribution >= 0.6 is 0 Å². The Morgan fingerprint density at radius 2 is 2.22 bits per heavy atom. The molecule has 9 heavy (non-hydrogen) atoms. The molecule has 1 aromatic rings. The molecular weight excluding hydrogens is 120 g/mol. The van der Waals surface area contributed by atoms with E-state index >= 15 is 0 Å². The van der Waals surface area contributed by atoms with Crippen molar-refractivity contribution >= 4 is 0 Å². The fourth-order valence-corrected chi connectivity index (χ4v) is 0.381. The van der Waals surface area contributed by atoms with Gasteiger partial charge in [-0.15, -0.1) is 0 Å². The normalized spacial score (nSPS) is 11.9. The van der Waals surface area contributed by atoms with Crippen LogP contribution in [0.25, 0.3) is 0 Å². The third-order valence-corrected chi connectivity index (χ3v) is 0.851. The smallest absolute Gasteiger partial charge is 0.267 e. The molecule has 0 amide bonds. The lowest BCUT2D eigenvalue weighted by atomic mass is 10.1. The van der Waals surface area contributed by atoms with Crippen LogP contribution in [0, 0.1) is 0 Å². The van der Waals surface area contributed by atoms with Gasteiger partial charge in [-0.2, -0.15) is 0 Å². The van der Waals surface area contributed by atoms with E-state index in [1.165, 1.54) is 0 Å². The van der Waals surface area contributed by atoms with Crippen molar-refractivity contribution in [3.05, 3.63) is 5.89 Å². The van der Waals surface area contributed by atoms with Crippen LogP contribution in [-0.4, -0.2) is 15.6 Å². The SMILES string of the molecule is CC(C)(N)c1nnno1. The first-order chi connectivity index (χ1) is 4.11. The van der Waals surface area contributed by atoms with Crippen LogP contribution in [0.3, 0.4) is 0 Å². The summed E-state index contributed by atoms with van der Waals surface area (Å²) in [5.74, 6) is 0.350. The second-order valence-electron chi connectivity index (χ2n) is 2.39. The number of nitrogens with zero attached hydrogens (tertiary/aromatic N) is 3. The molecule has 1 rings (SSSR count). The van der Waals surface area contributed by atoms with Crippen molar-refractivity contribution in [1.82, 2.24) is 15.6 Å². The van der Waals surface area contributed by atoms with Crippen molar-refractivity contribution in [2.45, 2.75) is 19.4 Å². The van der Waals surface area contributed by atoms with Crippen LogP contribution < -0.4 is 5.73 Å². The molecular formula is C4H8N4O. The molecule has 0 aliphatic rings. The molecule has 0 bridgehead atoms. The molecule has 0 unspecified atom stereocenters. The number of hydrogen-bond acceptors (Lipinski definition) is 5. The van der Waals surface area contributed by atoms with E-state index < -0.39 is 5.54 Å². The van der Waals surface area contributed by atoms with Gasteiger partial charge in [0.2, 0.25) is 0 Å². The van der Waals surface area contributed by atoms with Crippen LogP contribution in [0.15, 0.2) is 4.52 Å². The molecule has 0 fully saturated rings. The minimum Gasteiger partial charge on any atom is -0.318 e. The predicted molar refractivity (Wildman–Crippen MR) is 29.3 cm³/mol. The molecule has 0 saturated heterocycles. The Kier molecular flexibility index (Phi) is 1.21. The molecule has 0 aliphatic heterocycles. The Balaban J connectivity index is 2.90. The fraction of sp³-hybridized carbons (Fsp3) is 0.750. The van der Waals surface area contributed by atoms with Crippen molar-refractivity contribution < 1.29 is 4.52 Å². The molecule has 0 radical (unpaired) electrons. The second kappa shape index (κ2) is 1.77. The molecule has 2 N–H and O–H groups in total. The van der Waals surface area contributed by atoms with Crippen LogP contribution in [0.5, 0.6) is 0 Å². The first-order valence-corrected chi connectivity index (χ1v) is 2.55. The molecule has 0 spiro atoms. The maximum absolute atomic E-state index is 5.56. The summed E-state index contributed by atoms with van der Waals surface area (Å²) in [6, 6.07) is 0. The molecule has 0 aromatic carbocycles. The molecule has 50 valence electrons. The highest BCUT2D eigenvalue weighted by atomic mass is 16.5. The van der Waals surface area contributed by atoms with Gasteiger partial charge < -0.3 is 10.3 Å². The lowest BCUT2D eigenvalue weighted by Crippen LogP contribution is -2.29. The lowest BCUT2D eigenvalue weighted by molar-refractivity contribution is 0.304. The number of nitrogens with two attached hydrogens (primary N) is 1. The van der Waals surface area contributed by atoms with Gasteiger partial charge in [0.25, 0.3) is 5.89 Å². The Morgan fingerprint density at radius 1 is 1.56 bits per heavy atom. The Morgan fingerprint density at radius 3 is 2.44 bits per heavy atom. The van der Waals surface area contributed by atoms with Crippen molar-refractivity contribution in [2.75, 3.05) is 0 Å². The average Bonchev–Trinajstić information content (AvgIpc) is 2.08. The summed E-state index contributed by atoms with van der Waals surface area (Å²) >= 11 is 0. The first kappa shape index (κ1) is 6.15. The standard InChI is InChI=1S/C4H8N4O/c1-4(2,5)3-6-7-8-9-3/h5H2,1-2H3. The number of aromatic nitrogens is 3. The maximum Gasteiger partial charge on any atom is 0.267 e.